The van der Waals surface area contributed by atoms with Crippen molar-refractivity contribution in [3.8, 4) is 0 Å². The number of likely N-dealkylation sites (N-methyl/N-ethyl adjacent to an activating group) is 1. The summed E-state index contributed by atoms with van der Waals surface area (Å²) < 4.78 is 43.3. The highest BCUT2D eigenvalue weighted by molar-refractivity contribution is 7.92. The van der Waals surface area contributed by atoms with Crippen molar-refractivity contribution in [2.24, 2.45) is 0 Å². The van der Waals surface area contributed by atoms with Gasteiger partial charge in [-0.15, -0.1) is 0 Å². The van der Waals surface area contributed by atoms with Crippen molar-refractivity contribution in [1.29, 1.82) is 0 Å². The summed E-state index contributed by atoms with van der Waals surface area (Å²) in [5, 5.41) is 2.63. The first-order chi connectivity index (χ1) is 19.3. The van der Waals surface area contributed by atoms with Gasteiger partial charge in [-0.1, -0.05) is 91.0 Å². The van der Waals surface area contributed by atoms with Crippen LogP contribution in [0.3, 0.4) is 0 Å². The van der Waals surface area contributed by atoms with Gasteiger partial charge < -0.3 is 10.2 Å². The van der Waals surface area contributed by atoms with Crippen molar-refractivity contribution in [1.82, 2.24) is 10.2 Å². The Balaban J connectivity index is 1.78. The average Bonchev–Trinajstić information content (AvgIpc) is 2.99. The predicted octanol–water partition coefficient (Wildman–Crippen LogP) is 4.41. The molecule has 4 aromatic rings. The van der Waals surface area contributed by atoms with Crippen molar-refractivity contribution < 1.29 is 22.4 Å². The molecule has 0 saturated carbocycles. The second-order valence-corrected chi connectivity index (χ2v) is 11.0. The number of sulfonamides is 1. The van der Waals surface area contributed by atoms with Crippen LogP contribution in [0.4, 0.5) is 10.1 Å². The normalized spacial score (nSPS) is 11.8. The molecule has 7 nitrogen and oxygen atoms in total. The summed E-state index contributed by atoms with van der Waals surface area (Å²) in [6.07, 6.45) is 0.199. The number of nitrogens with one attached hydrogen (secondary N) is 1. The number of para-hydroxylation sites is 1. The minimum Gasteiger partial charge on any atom is -0.357 e. The average molecular weight is 560 g/mol. The predicted molar refractivity (Wildman–Crippen MR) is 152 cm³/mol. The van der Waals surface area contributed by atoms with Gasteiger partial charge in [0.05, 0.1) is 10.6 Å². The van der Waals surface area contributed by atoms with Crippen molar-refractivity contribution in [3.63, 3.8) is 0 Å². The number of hydrogen-bond donors (Lipinski definition) is 1. The Morgan fingerprint density at radius 1 is 0.775 bits per heavy atom. The van der Waals surface area contributed by atoms with Gasteiger partial charge >= 0.3 is 0 Å². The smallest absolute Gasteiger partial charge is 0.264 e. The molecule has 0 heterocycles. The number of nitrogens with zero attached hydrogens (tertiary/aromatic N) is 2. The molecule has 0 aromatic heterocycles. The Bertz CT molecular complexity index is 1530. The van der Waals surface area contributed by atoms with Gasteiger partial charge in [0.1, 0.15) is 18.4 Å². The van der Waals surface area contributed by atoms with Crippen LogP contribution in [0.15, 0.2) is 120 Å². The molecule has 1 N–H and O–H groups in total. The summed E-state index contributed by atoms with van der Waals surface area (Å²) in [5.74, 6) is -1.86. The molecule has 0 aliphatic heterocycles. The molecule has 0 fully saturated rings. The molecule has 4 aromatic carbocycles. The summed E-state index contributed by atoms with van der Waals surface area (Å²) in [6, 6.07) is 30.3. The monoisotopic (exact) mass is 559 g/mol. The number of carbonyl (C=O) groups is 2. The van der Waals surface area contributed by atoms with E-state index in [9.17, 15) is 18.0 Å². The zero-order valence-electron chi connectivity index (χ0n) is 22.0. The number of carbonyl (C=O) groups excluding carboxylic acids is 2. The van der Waals surface area contributed by atoms with Crippen molar-refractivity contribution in [3.05, 3.63) is 132 Å². The topological polar surface area (TPSA) is 86.8 Å². The molecule has 9 heteroatoms. The Kier molecular flexibility index (Phi) is 9.29. The number of rotatable bonds is 11. The first-order valence-corrected chi connectivity index (χ1v) is 14.2. The van der Waals surface area contributed by atoms with Crippen LogP contribution in [0.2, 0.25) is 0 Å². The van der Waals surface area contributed by atoms with E-state index in [1.54, 1.807) is 18.2 Å². The molecule has 0 radical (unpaired) electrons. The van der Waals surface area contributed by atoms with Crippen LogP contribution in [-0.4, -0.2) is 44.8 Å². The Hall–Kier alpha value is -4.50. The van der Waals surface area contributed by atoms with Crippen LogP contribution in [0.5, 0.6) is 0 Å². The molecule has 0 aliphatic rings. The first kappa shape index (κ1) is 28.5. The quantitative estimate of drug-likeness (QED) is 0.295. The lowest BCUT2D eigenvalue weighted by Gasteiger charge is -2.33. The van der Waals surface area contributed by atoms with E-state index in [2.05, 4.69) is 5.32 Å². The van der Waals surface area contributed by atoms with Gasteiger partial charge in [-0.2, -0.15) is 0 Å². The maximum Gasteiger partial charge on any atom is 0.264 e. The zero-order valence-corrected chi connectivity index (χ0v) is 22.8. The molecule has 0 spiro atoms. The van der Waals surface area contributed by atoms with Gasteiger partial charge in [0.2, 0.25) is 11.8 Å². The largest absolute Gasteiger partial charge is 0.357 e. The van der Waals surface area contributed by atoms with Crippen molar-refractivity contribution >= 4 is 27.5 Å². The number of hydrogen-bond acceptors (Lipinski definition) is 4. The van der Waals surface area contributed by atoms with E-state index in [4.69, 9.17) is 0 Å². The first-order valence-electron chi connectivity index (χ1n) is 12.7. The number of anilines is 1. The van der Waals surface area contributed by atoms with Crippen molar-refractivity contribution in [2.75, 3.05) is 17.9 Å². The second-order valence-electron chi connectivity index (χ2n) is 9.10. The van der Waals surface area contributed by atoms with E-state index < -0.39 is 40.2 Å². The van der Waals surface area contributed by atoms with Crippen LogP contribution in [-0.2, 0) is 32.6 Å². The van der Waals surface area contributed by atoms with E-state index >= 15 is 4.39 Å². The number of benzene rings is 4. The summed E-state index contributed by atoms with van der Waals surface area (Å²) >= 11 is 0. The third kappa shape index (κ3) is 6.73. The number of amides is 2. The van der Waals surface area contributed by atoms with Crippen LogP contribution in [0, 0.1) is 5.82 Å². The van der Waals surface area contributed by atoms with E-state index in [0.717, 1.165) is 21.5 Å². The molecule has 0 saturated heterocycles. The Morgan fingerprint density at radius 2 is 1.30 bits per heavy atom. The van der Waals surface area contributed by atoms with Crippen LogP contribution >= 0.6 is 0 Å². The highest BCUT2D eigenvalue weighted by Crippen LogP contribution is 2.27. The molecule has 40 heavy (non-hydrogen) atoms. The van der Waals surface area contributed by atoms with E-state index in [1.165, 1.54) is 42.3 Å². The summed E-state index contributed by atoms with van der Waals surface area (Å²) in [5.41, 5.74) is 1.31. The fourth-order valence-electron chi connectivity index (χ4n) is 4.39. The fourth-order valence-corrected chi connectivity index (χ4v) is 5.83. The van der Waals surface area contributed by atoms with E-state index in [1.807, 2.05) is 60.7 Å². The van der Waals surface area contributed by atoms with Crippen LogP contribution < -0.4 is 9.62 Å². The highest BCUT2D eigenvalue weighted by atomic mass is 32.2. The van der Waals surface area contributed by atoms with E-state index in [0.29, 0.717) is 0 Å². The van der Waals surface area contributed by atoms with Gasteiger partial charge in [-0.05, 0) is 35.4 Å². The lowest BCUT2D eigenvalue weighted by molar-refractivity contribution is -0.139. The molecular formula is C31H30FN3O4S. The van der Waals surface area contributed by atoms with Gasteiger partial charge in [0.15, 0.2) is 0 Å². The second kappa shape index (κ2) is 13.0. The molecular weight excluding hydrogens is 529 g/mol. The summed E-state index contributed by atoms with van der Waals surface area (Å²) in [7, 11) is -2.86. The Morgan fingerprint density at radius 3 is 1.88 bits per heavy atom. The van der Waals surface area contributed by atoms with Gasteiger partial charge in [-0.3, -0.25) is 13.9 Å². The molecule has 4 rings (SSSR count). The third-order valence-corrected chi connectivity index (χ3v) is 8.22. The molecule has 0 aliphatic carbocycles. The summed E-state index contributed by atoms with van der Waals surface area (Å²) in [4.78, 5) is 28.5. The fraction of sp³-hybridized carbons (Fsp3) is 0.161. The minimum atomic E-state index is -4.34. The van der Waals surface area contributed by atoms with Crippen LogP contribution in [0.1, 0.15) is 11.1 Å². The lowest BCUT2D eigenvalue weighted by atomic mass is 10.0. The lowest BCUT2D eigenvalue weighted by Crippen LogP contribution is -2.53. The SMILES string of the molecule is CNC(=O)[C@@H](Cc1ccccc1)N(Cc1ccccc1)C(=O)CN(c1ccccc1F)S(=O)(=O)c1ccccc1. The van der Waals surface area contributed by atoms with Gasteiger partial charge in [0.25, 0.3) is 10.0 Å². The molecule has 2 amide bonds. The maximum absolute atomic E-state index is 15.0. The standard InChI is InChI=1S/C31H30FN3O4S/c1-33-31(37)29(21-24-13-5-2-6-14-24)34(22-25-15-7-3-8-16-25)30(36)23-35(28-20-12-11-19-27(28)32)40(38,39)26-17-9-4-10-18-26/h2-20,29H,21-23H2,1H3,(H,33,37)/t29-/m1/s1. The highest BCUT2D eigenvalue weighted by Gasteiger charge is 2.35. The maximum atomic E-state index is 15.0. The molecule has 0 bridgehead atoms. The van der Waals surface area contributed by atoms with Crippen LogP contribution in [0.25, 0.3) is 0 Å². The molecule has 206 valence electrons. The number of halogens is 1. The van der Waals surface area contributed by atoms with Crippen molar-refractivity contribution in [2.45, 2.75) is 23.9 Å². The molecule has 1 atom stereocenters. The zero-order chi connectivity index (χ0) is 28.5. The summed E-state index contributed by atoms with van der Waals surface area (Å²) in [6.45, 7) is -0.672. The Labute approximate surface area is 233 Å². The third-order valence-electron chi connectivity index (χ3n) is 6.44. The van der Waals surface area contributed by atoms with Gasteiger partial charge in [0, 0.05) is 20.0 Å². The van der Waals surface area contributed by atoms with E-state index in [-0.39, 0.29) is 23.5 Å². The van der Waals surface area contributed by atoms with Gasteiger partial charge in [-0.25, -0.2) is 12.8 Å². The molecule has 0 unspecified atom stereocenters. The minimum absolute atomic E-state index is 0.0427.